The lowest BCUT2D eigenvalue weighted by Gasteiger charge is -2.12. The van der Waals surface area contributed by atoms with Crippen LogP contribution in [-0.4, -0.2) is 19.6 Å². The second-order valence-corrected chi connectivity index (χ2v) is 5.21. The summed E-state index contributed by atoms with van der Waals surface area (Å²) in [6.45, 7) is -0.200. The van der Waals surface area contributed by atoms with Crippen LogP contribution in [0.5, 0.6) is 11.5 Å². The Kier molecular flexibility index (Phi) is 5.35. The molecule has 3 N–H and O–H groups in total. The Bertz CT molecular complexity index is 692. The molecule has 0 bridgehead atoms. The van der Waals surface area contributed by atoms with Crippen LogP contribution in [0, 0.1) is 0 Å². The lowest BCUT2D eigenvalue weighted by atomic mass is 10.2. The van der Waals surface area contributed by atoms with Gasteiger partial charge in [-0.2, -0.15) is 0 Å². The van der Waals surface area contributed by atoms with E-state index in [2.05, 4.69) is 5.32 Å². The third-order valence-corrected chi connectivity index (χ3v) is 3.28. The van der Waals surface area contributed by atoms with Crippen molar-refractivity contribution in [2.24, 2.45) is 0 Å². The van der Waals surface area contributed by atoms with Gasteiger partial charge in [0.15, 0.2) is 6.61 Å². The minimum absolute atomic E-state index is 0.200. The van der Waals surface area contributed by atoms with Gasteiger partial charge in [0.1, 0.15) is 11.5 Å². The van der Waals surface area contributed by atoms with Gasteiger partial charge >= 0.3 is 0 Å². The molecule has 0 unspecified atom stereocenters. The number of hydrogen-bond donors (Lipinski definition) is 2. The minimum atomic E-state index is -0.353. The molecule has 0 radical (unpaired) electrons. The molecule has 22 heavy (non-hydrogen) atoms. The molecule has 0 saturated heterocycles. The second kappa shape index (κ2) is 7.24. The summed E-state index contributed by atoms with van der Waals surface area (Å²) in [5.41, 5.74) is 6.70. The zero-order chi connectivity index (χ0) is 16.1. The first-order valence-electron chi connectivity index (χ1n) is 6.31. The maximum absolute atomic E-state index is 11.9. The van der Waals surface area contributed by atoms with Gasteiger partial charge < -0.3 is 20.5 Å². The fourth-order valence-corrected chi connectivity index (χ4v) is 2.20. The van der Waals surface area contributed by atoms with Crippen LogP contribution in [0.3, 0.4) is 0 Å². The smallest absolute Gasteiger partial charge is 0.262 e. The van der Waals surface area contributed by atoms with E-state index in [1.54, 1.807) is 36.4 Å². The topological polar surface area (TPSA) is 73.6 Å². The molecular weight excluding hydrogens is 327 g/mol. The number of hydrogen-bond acceptors (Lipinski definition) is 4. The molecule has 0 atom stereocenters. The number of amides is 1. The summed E-state index contributed by atoms with van der Waals surface area (Å²) < 4.78 is 10.5. The molecule has 0 heterocycles. The molecule has 0 fully saturated rings. The summed E-state index contributed by atoms with van der Waals surface area (Å²) >= 11 is 11.8. The number of rotatable bonds is 5. The number of anilines is 2. The molecule has 116 valence electrons. The van der Waals surface area contributed by atoms with E-state index in [-0.39, 0.29) is 12.5 Å². The normalized spacial score (nSPS) is 10.1. The largest absolute Gasteiger partial charge is 0.494 e. The van der Waals surface area contributed by atoms with Crippen molar-refractivity contribution in [3.8, 4) is 11.5 Å². The SMILES string of the molecule is COc1cc(N)ccc1NC(=O)COc1ccc(Cl)cc1Cl. The van der Waals surface area contributed by atoms with E-state index in [0.717, 1.165) is 0 Å². The summed E-state index contributed by atoms with van der Waals surface area (Å²) in [5.74, 6) is 0.498. The van der Waals surface area contributed by atoms with Gasteiger partial charge in [-0.1, -0.05) is 23.2 Å². The van der Waals surface area contributed by atoms with Crippen molar-refractivity contribution in [1.82, 2.24) is 0 Å². The fourth-order valence-electron chi connectivity index (χ4n) is 1.73. The van der Waals surface area contributed by atoms with Gasteiger partial charge in [0.2, 0.25) is 0 Å². The number of nitrogen functional groups attached to an aromatic ring is 1. The van der Waals surface area contributed by atoms with Crippen molar-refractivity contribution in [2.75, 3.05) is 24.8 Å². The highest BCUT2D eigenvalue weighted by Gasteiger charge is 2.10. The monoisotopic (exact) mass is 340 g/mol. The third kappa shape index (κ3) is 4.19. The second-order valence-electron chi connectivity index (χ2n) is 4.37. The van der Waals surface area contributed by atoms with Crippen molar-refractivity contribution in [3.05, 3.63) is 46.4 Å². The average molecular weight is 341 g/mol. The van der Waals surface area contributed by atoms with Crippen molar-refractivity contribution >= 4 is 40.5 Å². The molecule has 2 rings (SSSR count). The molecule has 0 saturated carbocycles. The minimum Gasteiger partial charge on any atom is -0.494 e. The summed E-state index contributed by atoms with van der Waals surface area (Å²) in [5, 5.41) is 3.51. The van der Waals surface area contributed by atoms with Gasteiger partial charge in [-0.3, -0.25) is 4.79 Å². The van der Waals surface area contributed by atoms with Gasteiger partial charge in [-0.05, 0) is 30.3 Å². The molecule has 0 spiro atoms. The first-order chi connectivity index (χ1) is 10.5. The molecule has 0 aromatic heterocycles. The van der Waals surface area contributed by atoms with E-state index in [9.17, 15) is 4.79 Å². The summed E-state index contributed by atoms with van der Waals surface area (Å²) in [6.07, 6.45) is 0. The number of ether oxygens (including phenoxy) is 2. The lowest BCUT2D eigenvalue weighted by molar-refractivity contribution is -0.118. The van der Waals surface area contributed by atoms with Crippen molar-refractivity contribution in [1.29, 1.82) is 0 Å². The quantitative estimate of drug-likeness (QED) is 0.815. The first kappa shape index (κ1) is 16.3. The average Bonchev–Trinajstić information content (AvgIpc) is 2.48. The standard InChI is InChI=1S/C15H14Cl2N2O3/c1-21-14-7-10(18)3-4-12(14)19-15(20)8-22-13-5-2-9(16)6-11(13)17/h2-7H,8,18H2,1H3,(H,19,20). The predicted octanol–water partition coefficient (Wildman–Crippen LogP) is 3.60. The number of methoxy groups -OCH3 is 1. The zero-order valence-electron chi connectivity index (χ0n) is 11.7. The van der Waals surface area contributed by atoms with Gasteiger partial charge in [-0.15, -0.1) is 0 Å². The maximum atomic E-state index is 11.9. The highest BCUT2D eigenvalue weighted by atomic mass is 35.5. The van der Waals surface area contributed by atoms with Gasteiger partial charge in [0.25, 0.3) is 5.91 Å². The maximum Gasteiger partial charge on any atom is 0.262 e. The van der Waals surface area contributed by atoms with E-state index >= 15 is 0 Å². The van der Waals surface area contributed by atoms with Crippen LogP contribution in [0.1, 0.15) is 0 Å². The van der Waals surface area contributed by atoms with Crippen LogP contribution in [0.15, 0.2) is 36.4 Å². The van der Waals surface area contributed by atoms with Crippen molar-refractivity contribution in [3.63, 3.8) is 0 Å². The third-order valence-electron chi connectivity index (χ3n) is 2.75. The Morgan fingerprint density at radius 1 is 1.18 bits per heavy atom. The van der Waals surface area contributed by atoms with Crippen LogP contribution in [0.2, 0.25) is 10.0 Å². The highest BCUT2D eigenvalue weighted by molar-refractivity contribution is 6.35. The Labute approximate surface area is 137 Å². The van der Waals surface area contributed by atoms with E-state index in [1.807, 2.05) is 0 Å². The fraction of sp³-hybridized carbons (Fsp3) is 0.133. The van der Waals surface area contributed by atoms with Crippen molar-refractivity contribution in [2.45, 2.75) is 0 Å². The first-order valence-corrected chi connectivity index (χ1v) is 7.06. The van der Waals surface area contributed by atoms with Crippen LogP contribution < -0.4 is 20.5 Å². The Morgan fingerprint density at radius 2 is 1.95 bits per heavy atom. The van der Waals surface area contributed by atoms with Crippen LogP contribution >= 0.6 is 23.2 Å². The number of carbonyl (C=O) groups is 1. The molecule has 0 aliphatic rings. The number of nitrogens with one attached hydrogen (secondary N) is 1. The van der Waals surface area contributed by atoms with Crippen LogP contribution in [-0.2, 0) is 4.79 Å². The molecule has 7 heteroatoms. The predicted molar refractivity (Wildman–Crippen MR) is 88.0 cm³/mol. The molecule has 0 aliphatic carbocycles. The molecule has 1 amide bonds. The molecule has 5 nitrogen and oxygen atoms in total. The van der Waals surface area contributed by atoms with Crippen molar-refractivity contribution < 1.29 is 14.3 Å². The molecular formula is C15H14Cl2N2O3. The Balaban J connectivity index is 1.98. The van der Waals surface area contributed by atoms with E-state index in [4.69, 9.17) is 38.4 Å². The van der Waals surface area contributed by atoms with Gasteiger partial charge in [0.05, 0.1) is 17.8 Å². The number of carbonyl (C=O) groups excluding carboxylic acids is 1. The van der Waals surface area contributed by atoms with Gasteiger partial charge in [0, 0.05) is 16.8 Å². The number of benzene rings is 2. The van der Waals surface area contributed by atoms with E-state index in [0.29, 0.717) is 32.9 Å². The number of nitrogens with two attached hydrogens (primary N) is 1. The Hall–Kier alpha value is -2.11. The summed E-state index contributed by atoms with van der Waals surface area (Å²) in [7, 11) is 1.49. The molecule has 2 aromatic rings. The zero-order valence-corrected chi connectivity index (χ0v) is 13.2. The van der Waals surface area contributed by atoms with E-state index in [1.165, 1.54) is 7.11 Å². The summed E-state index contributed by atoms with van der Waals surface area (Å²) in [6, 6.07) is 9.70. The van der Waals surface area contributed by atoms with Crippen LogP contribution in [0.25, 0.3) is 0 Å². The highest BCUT2D eigenvalue weighted by Crippen LogP contribution is 2.28. The summed E-state index contributed by atoms with van der Waals surface area (Å²) in [4.78, 5) is 11.9. The number of halogens is 2. The van der Waals surface area contributed by atoms with Crippen LogP contribution in [0.4, 0.5) is 11.4 Å². The van der Waals surface area contributed by atoms with Gasteiger partial charge in [-0.25, -0.2) is 0 Å². The molecule has 2 aromatic carbocycles. The molecule has 0 aliphatic heterocycles. The Morgan fingerprint density at radius 3 is 2.64 bits per heavy atom. The van der Waals surface area contributed by atoms with E-state index < -0.39 is 0 Å². The lowest BCUT2D eigenvalue weighted by Crippen LogP contribution is -2.20.